The van der Waals surface area contributed by atoms with Crippen LogP contribution in [0.3, 0.4) is 0 Å². The highest BCUT2D eigenvalue weighted by Crippen LogP contribution is 2.30. The van der Waals surface area contributed by atoms with Gasteiger partial charge in [-0.2, -0.15) is 0 Å². The number of hydrogen-bond donors (Lipinski definition) is 2. The Labute approximate surface area is 113 Å². The van der Waals surface area contributed by atoms with E-state index in [0.717, 1.165) is 5.69 Å². The lowest BCUT2D eigenvalue weighted by Gasteiger charge is -2.25. The summed E-state index contributed by atoms with van der Waals surface area (Å²) in [6.07, 6.45) is 2.54. The molecule has 5 nitrogen and oxygen atoms in total. The Morgan fingerprint density at radius 2 is 2.00 bits per heavy atom. The molecule has 0 aromatic carbocycles. The third kappa shape index (κ3) is 4.05. The van der Waals surface area contributed by atoms with Crippen LogP contribution in [0.25, 0.3) is 0 Å². The van der Waals surface area contributed by atoms with Gasteiger partial charge in [0.15, 0.2) is 0 Å². The number of nitrogens with one attached hydrogen (secondary N) is 1. The van der Waals surface area contributed by atoms with Gasteiger partial charge >= 0.3 is 5.97 Å². The predicted octanol–water partition coefficient (Wildman–Crippen LogP) is 1.98. The maximum atomic E-state index is 11.9. The second kappa shape index (κ2) is 6.87. The molecular formula is C14H20N2O3. The molecule has 5 heteroatoms. The third-order valence-corrected chi connectivity index (χ3v) is 3.50. The lowest BCUT2D eigenvalue weighted by molar-refractivity contribution is -0.152. The van der Waals surface area contributed by atoms with Crippen LogP contribution in [0.2, 0.25) is 0 Å². The molecule has 0 atom stereocenters. The Kier molecular flexibility index (Phi) is 5.48. The quantitative estimate of drug-likeness (QED) is 0.789. The molecule has 0 saturated carbocycles. The average Bonchev–Trinajstić information content (AvgIpc) is 2.43. The van der Waals surface area contributed by atoms with E-state index >= 15 is 0 Å². The van der Waals surface area contributed by atoms with Crippen LogP contribution in [0.15, 0.2) is 24.4 Å². The normalized spacial score (nSPS) is 11.1. The number of carboxylic acid groups (broad SMARTS) is 1. The van der Waals surface area contributed by atoms with Gasteiger partial charge in [-0.15, -0.1) is 0 Å². The molecule has 0 aliphatic heterocycles. The Morgan fingerprint density at radius 3 is 2.47 bits per heavy atom. The van der Waals surface area contributed by atoms with Crippen molar-refractivity contribution in [1.29, 1.82) is 0 Å². The number of carbonyl (C=O) groups excluding carboxylic acids is 1. The lowest BCUT2D eigenvalue weighted by atomic mass is 9.79. The zero-order valence-electron chi connectivity index (χ0n) is 11.3. The molecule has 0 spiro atoms. The van der Waals surface area contributed by atoms with Crippen LogP contribution in [0, 0.1) is 5.41 Å². The number of rotatable bonds is 7. The summed E-state index contributed by atoms with van der Waals surface area (Å²) in [5.41, 5.74) is -0.210. The highest BCUT2D eigenvalue weighted by Gasteiger charge is 2.36. The number of aromatic nitrogens is 1. The van der Waals surface area contributed by atoms with Crippen molar-refractivity contribution >= 4 is 11.9 Å². The molecule has 0 unspecified atom stereocenters. The van der Waals surface area contributed by atoms with E-state index in [1.165, 1.54) is 0 Å². The van der Waals surface area contributed by atoms with Gasteiger partial charge in [-0.25, -0.2) is 0 Å². The van der Waals surface area contributed by atoms with Gasteiger partial charge in [0.05, 0.1) is 17.7 Å². The molecule has 0 bridgehead atoms. The number of carbonyl (C=O) groups is 2. The molecule has 0 fully saturated rings. The van der Waals surface area contributed by atoms with Gasteiger partial charge in [0, 0.05) is 12.6 Å². The van der Waals surface area contributed by atoms with Crippen LogP contribution in [0.5, 0.6) is 0 Å². The summed E-state index contributed by atoms with van der Waals surface area (Å²) < 4.78 is 0. The van der Waals surface area contributed by atoms with Crippen LogP contribution >= 0.6 is 0 Å². The fourth-order valence-electron chi connectivity index (χ4n) is 1.94. The molecule has 1 heterocycles. The van der Waals surface area contributed by atoms with E-state index in [0.29, 0.717) is 19.4 Å². The van der Waals surface area contributed by atoms with Gasteiger partial charge in [0.2, 0.25) is 5.91 Å². The Hall–Kier alpha value is -1.91. The van der Waals surface area contributed by atoms with E-state index in [1.807, 2.05) is 12.1 Å². The van der Waals surface area contributed by atoms with E-state index in [-0.39, 0.29) is 12.3 Å². The number of hydrogen-bond acceptors (Lipinski definition) is 3. The van der Waals surface area contributed by atoms with Crippen LogP contribution in [-0.4, -0.2) is 22.0 Å². The summed E-state index contributed by atoms with van der Waals surface area (Å²) in [5, 5.41) is 12.0. The molecule has 1 rings (SSSR count). The first-order valence-corrected chi connectivity index (χ1v) is 6.44. The van der Waals surface area contributed by atoms with E-state index in [4.69, 9.17) is 0 Å². The Balaban J connectivity index is 2.57. The molecule has 1 amide bonds. The fraction of sp³-hybridized carbons (Fsp3) is 0.500. The molecule has 0 aliphatic carbocycles. The minimum atomic E-state index is -0.964. The van der Waals surface area contributed by atoms with Gasteiger partial charge in [-0.05, 0) is 25.0 Å². The van der Waals surface area contributed by atoms with E-state index in [2.05, 4.69) is 10.3 Å². The first-order chi connectivity index (χ1) is 9.04. The van der Waals surface area contributed by atoms with Crippen molar-refractivity contribution in [2.45, 2.75) is 39.7 Å². The van der Waals surface area contributed by atoms with Crippen molar-refractivity contribution in [3.63, 3.8) is 0 Å². The number of aliphatic carboxylic acids is 1. The summed E-state index contributed by atoms with van der Waals surface area (Å²) in [4.78, 5) is 27.2. The summed E-state index contributed by atoms with van der Waals surface area (Å²) in [6.45, 7) is 3.91. The van der Waals surface area contributed by atoms with Gasteiger partial charge in [0.1, 0.15) is 0 Å². The molecule has 19 heavy (non-hydrogen) atoms. The van der Waals surface area contributed by atoms with Crippen molar-refractivity contribution < 1.29 is 14.7 Å². The van der Waals surface area contributed by atoms with Crippen molar-refractivity contribution in [3.8, 4) is 0 Å². The summed E-state index contributed by atoms with van der Waals surface area (Å²) >= 11 is 0. The van der Waals surface area contributed by atoms with E-state index in [1.54, 1.807) is 26.1 Å². The zero-order chi connectivity index (χ0) is 14.3. The van der Waals surface area contributed by atoms with Crippen LogP contribution in [0.4, 0.5) is 0 Å². The Morgan fingerprint density at radius 1 is 1.32 bits per heavy atom. The van der Waals surface area contributed by atoms with Crippen molar-refractivity contribution in [3.05, 3.63) is 30.1 Å². The monoisotopic (exact) mass is 264 g/mol. The number of pyridine rings is 1. The number of nitrogens with zero attached hydrogens (tertiary/aromatic N) is 1. The molecule has 1 aromatic rings. The minimum Gasteiger partial charge on any atom is -0.481 e. The van der Waals surface area contributed by atoms with Gasteiger partial charge in [0.25, 0.3) is 0 Å². The fourth-order valence-corrected chi connectivity index (χ4v) is 1.94. The summed E-state index contributed by atoms with van der Waals surface area (Å²) in [7, 11) is 0. The molecule has 104 valence electrons. The molecule has 2 N–H and O–H groups in total. The van der Waals surface area contributed by atoms with Gasteiger partial charge in [-0.1, -0.05) is 19.9 Å². The van der Waals surface area contributed by atoms with Crippen LogP contribution in [-0.2, 0) is 16.1 Å². The van der Waals surface area contributed by atoms with Crippen molar-refractivity contribution in [2.24, 2.45) is 5.41 Å². The Bertz CT molecular complexity index is 428. The third-order valence-electron chi connectivity index (χ3n) is 3.50. The second-order valence-electron chi connectivity index (χ2n) is 4.57. The number of amides is 1. The average molecular weight is 264 g/mol. The minimum absolute atomic E-state index is 0.00215. The van der Waals surface area contributed by atoms with Crippen molar-refractivity contribution in [1.82, 2.24) is 10.3 Å². The first kappa shape index (κ1) is 15.1. The van der Waals surface area contributed by atoms with Gasteiger partial charge in [-0.3, -0.25) is 14.6 Å². The lowest BCUT2D eigenvalue weighted by Crippen LogP contribution is -2.36. The molecule has 0 saturated heterocycles. The SMILES string of the molecule is CCC(CC)(CC(=O)NCc1ccccn1)C(=O)O. The van der Waals surface area contributed by atoms with Crippen LogP contribution in [0.1, 0.15) is 38.8 Å². The largest absolute Gasteiger partial charge is 0.481 e. The second-order valence-corrected chi connectivity index (χ2v) is 4.57. The standard InChI is InChI=1S/C14H20N2O3/c1-3-14(4-2,13(18)19)9-12(17)16-10-11-7-5-6-8-15-11/h5-8H,3-4,9-10H2,1-2H3,(H,16,17)(H,18,19). The van der Waals surface area contributed by atoms with Crippen molar-refractivity contribution in [2.75, 3.05) is 0 Å². The maximum absolute atomic E-state index is 11.9. The topological polar surface area (TPSA) is 79.3 Å². The van der Waals surface area contributed by atoms with E-state index in [9.17, 15) is 14.7 Å². The predicted molar refractivity (Wildman–Crippen MR) is 71.4 cm³/mol. The molecule has 0 aliphatic rings. The molecule has 1 aromatic heterocycles. The first-order valence-electron chi connectivity index (χ1n) is 6.44. The molecular weight excluding hydrogens is 244 g/mol. The maximum Gasteiger partial charge on any atom is 0.310 e. The van der Waals surface area contributed by atoms with E-state index < -0.39 is 11.4 Å². The zero-order valence-corrected chi connectivity index (χ0v) is 11.3. The van der Waals surface area contributed by atoms with Crippen LogP contribution < -0.4 is 5.32 Å². The molecule has 0 radical (unpaired) electrons. The van der Waals surface area contributed by atoms with Gasteiger partial charge < -0.3 is 10.4 Å². The highest BCUT2D eigenvalue weighted by molar-refractivity contribution is 5.84. The smallest absolute Gasteiger partial charge is 0.310 e. The highest BCUT2D eigenvalue weighted by atomic mass is 16.4. The summed E-state index contributed by atoms with van der Waals surface area (Å²) in [5.74, 6) is -1.16. The summed E-state index contributed by atoms with van der Waals surface area (Å²) in [6, 6.07) is 5.45. The number of carboxylic acids is 1.